The van der Waals surface area contributed by atoms with Gasteiger partial charge in [0.25, 0.3) is 5.91 Å². The normalized spacial score (nSPS) is 11.2. The number of rotatable bonds is 5. The number of likely N-dealkylation sites (N-methyl/N-ethyl adjacent to an activating group) is 1. The van der Waals surface area contributed by atoms with Crippen LogP contribution in [0.3, 0.4) is 0 Å². The zero-order valence-electron chi connectivity index (χ0n) is 16.1. The molecule has 4 aromatic rings. The van der Waals surface area contributed by atoms with E-state index in [1.807, 2.05) is 73.6 Å². The minimum atomic E-state index is -0.0679. The van der Waals surface area contributed by atoms with Crippen LogP contribution in [-0.2, 0) is 0 Å². The fourth-order valence-corrected chi connectivity index (χ4v) is 3.39. The van der Waals surface area contributed by atoms with Crippen molar-refractivity contribution >= 4 is 27.6 Å². The third kappa shape index (κ3) is 3.59. The molecule has 0 spiro atoms. The average molecular weight is 369 g/mol. The van der Waals surface area contributed by atoms with Crippen LogP contribution in [0.2, 0.25) is 0 Å². The largest absolute Gasteiger partial charge is 0.351 e. The topological polar surface area (TPSA) is 45.2 Å². The summed E-state index contributed by atoms with van der Waals surface area (Å²) in [5.41, 5.74) is 3.33. The lowest BCUT2D eigenvalue weighted by molar-refractivity contribution is 0.0952. The van der Waals surface area contributed by atoms with Gasteiger partial charge < -0.3 is 10.2 Å². The summed E-state index contributed by atoms with van der Waals surface area (Å²) in [7, 11) is 3.99. The molecule has 1 heterocycles. The molecule has 140 valence electrons. The zero-order chi connectivity index (χ0) is 19.5. The van der Waals surface area contributed by atoms with Gasteiger partial charge in [-0.3, -0.25) is 4.79 Å². The molecule has 0 saturated heterocycles. The highest BCUT2D eigenvalue weighted by atomic mass is 16.1. The van der Waals surface area contributed by atoms with Crippen LogP contribution in [0.4, 0.5) is 0 Å². The Bertz CT molecular complexity index is 1140. The van der Waals surface area contributed by atoms with Crippen molar-refractivity contribution in [2.75, 3.05) is 27.2 Å². The maximum Gasteiger partial charge on any atom is 0.252 e. The van der Waals surface area contributed by atoms with Gasteiger partial charge in [0.15, 0.2) is 0 Å². The third-order valence-corrected chi connectivity index (χ3v) is 4.86. The molecule has 0 bridgehead atoms. The van der Waals surface area contributed by atoms with Gasteiger partial charge in [-0.2, -0.15) is 0 Å². The fourth-order valence-electron chi connectivity index (χ4n) is 3.39. The molecule has 0 unspecified atom stereocenters. The lowest BCUT2D eigenvalue weighted by Gasteiger charge is -2.14. The van der Waals surface area contributed by atoms with Gasteiger partial charge in [-0.25, -0.2) is 4.98 Å². The fraction of sp³-hybridized carbons (Fsp3) is 0.167. The van der Waals surface area contributed by atoms with Gasteiger partial charge in [0, 0.05) is 29.4 Å². The Morgan fingerprint density at radius 2 is 1.68 bits per heavy atom. The Labute approximate surface area is 164 Å². The van der Waals surface area contributed by atoms with Gasteiger partial charge in [0.1, 0.15) is 0 Å². The summed E-state index contributed by atoms with van der Waals surface area (Å²) in [5.74, 6) is -0.0679. The number of benzene rings is 3. The van der Waals surface area contributed by atoms with Crippen molar-refractivity contribution in [2.24, 2.45) is 0 Å². The summed E-state index contributed by atoms with van der Waals surface area (Å²) >= 11 is 0. The molecule has 4 rings (SSSR count). The van der Waals surface area contributed by atoms with E-state index < -0.39 is 0 Å². The molecule has 28 heavy (non-hydrogen) atoms. The van der Waals surface area contributed by atoms with Crippen molar-refractivity contribution in [2.45, 2.75) is 0 Å². The van der Waals surface area contributed by atoms with E-state index in [0.29, 0.717) is 12.1 Å². The summed E-state index contributed by atoms with van der Waals surface area (Å²) < 4.78 is 0. The molecule has 3 aromatic carbocycles. The van der Waals surface area contributed by atoms with Crippen LogP contribution < -0.4 is 5.32 Å². The van der Waals surface area contributed by atoms with Crippen LogP contribution in [0.25, 0.3) is 32.9 Å². The van der Waals surface area contributed by atoms with Crippen LogP contribution >= 0.6 is 0 Å². The maximum atomic E-state index is 13.0. The van der Waals surface area contributed by atoms with Crippen LogP contribution in [0.1, 0.15) is 10.4 Å². The molecule has 0 radical (unpaired) electrons. The van der Waals surface area contributed by atoms with Crippen LogP contribution in [-0.4, -0.2) is 43.0 Å². The Kier molecular flexibility index (Phi) is 5.04. The van der Waals surface area contributed by atoms with Crippen molar-refractivity contribution in [1.29, 1.82) is 0 Å². The number of fused-ring (bicyclic) bond motifs is 3. The number of aromatic nitrogens is 1. The Morgan fingerprint density at radius 3 is 2.46 bits per heavy atom. The van der Waals surface area contributed by atoms with E-state index in [0.717, 1.165) is 39.5 Å². The Morgan fingerprint density at radius 1 is 0.929 bits per heavy atom. The molecule has 1 N–H and O–H groups in total. The van der Waals surface area contributed by atoms with Gasteiger partial charge in [-0.05, 0) is 25.5 Å². The van der Waals surface area contributed by atoms with Crippen molar-refractivity contribution in [3.63, 3.8) is 0 Å². The van der Waals surface area contributed by atoms with E-state index in [4.69, 9.17) is 4.98 Å². The van der Waals surface area contributed by atoms with E-state index in [2.05, 4.69) is 23.5 Å². The lowest BCUT2D eigenvalue weighted by Crippen LogP contribution is -2.31. The predicted octanol–water partition coefficient (Wildman–Crippen LogP) is 4.35. The Balaban J connectivity index is 1.89. The highest BCUT2D eigenvalue weighted by molar-refractivity contribution is 6.14. The number of hydrogen-bond donors (Lipinski definition) is 1. The molecule has 0 atom stereocenters. The monoisotopic (exact) mass is 369 g/mol. The Hall–Kier alpha value is -3.24. The first-order valence-electron chi connectivity index (χ1n) is 9.44. The van der Waals surface area contributed by atoms with Gasteiger partial charge in [0.05, 0.1) is 16.8 Å². The molecule has 4 nitrogen and oxygen atoms in total. The number of carbonyl (C=O) groups excluding carboxylic acids is 1. The van der Waals surface area contributed by atoms with Gasteiger partial charge in [-0.1, -0.05) is 66.7 Å². The van der Waals surface area contributed by atoms with Crippen LogP contribution in [0.15, 0.2) is 72.8 Å². The number of nitrogens with one attached hydrogen (secondary N) is 1. The second-order valence-electron chi connectivity index (χ2n) is 7.16. The number of carbonyl (C=O) groups is 1. The standard InChI is InChI=1S/C24H23N3O/c1-27(2)15-14-25-24(28)21-16-22(18-9-4-3-5-10-18)26-23-19-11-7-6-8-17(19)12-13-20(21)23/h3-13,16H,14-15H2,1-2H3,(H,25,28). The summed E-state index contributed by atoms with van der Waals surface area (Å²) in [6, 6.07) is 24.1. The molecule has 0 saturated carbocycles. The van der Waals surface area contributed by atoms with E-state index >= 15 is 0 Å². The van der Waals surface area contributed by atoms with Gasteiger partial charge in [-0.15, -0.1) is 0 Å². The summed E-state index contributed by atoms with van der Waals surface area (Å²) in [5, 5.41) is 6.09. The molecule has 0 aliphatic carbocycles. The molecule has 0 fully saturated rings. The van der Waals surface area contributed by atoms with E-state index in [-0.39, 0.29) is 5.91 Å². The zero-order valence-corrected chi connectivity index (χ0v) is 16.1. The minimum absolute atomic E-state index is 0.0679. The number of amides is 1. The van der Waals surface area contributed by atoms with Gasteiger partial charge in [0.2, 0.25) is 0 Å². The SMILES string of the molecule is CN(C)CCNC(=O)c1cc(-c2ccccc2)nc2c1ccc1ccccc12. The molecular weight excluding hydrogens is 346 g/mol. The number of hydrogen-bond acceptors (Lipinski definition) is 3. The molecule has 1 amide bonds. The van der Waals surface area contributed by atoms with Crippen molar-refractivity contribution in [3.8, 4) is 11.3 Å². The first-order valence-corrected chi connectivity index (χ1v) is 9.44. The second-order valence-corrected chi connectivity index (χ2v) is 7.16. The maximum absolute atomic E-state index is 13.0. The highest BCUT2D eigenvalue weighted by Gasteiger charge is 2.15. The van der Waals surface area contributed by atoms with E-state index in [1.165, 1.54) is 0 Å². The quantitative estimate of drug-likeness (QED) is 0.532. The van der Waals surface area contributed by atoms with E-state index in [9.17, 15) is 4.79 Å². The first-order chi connectivity index (χ1) is 13.6. The van der Waals surface area contributed by atoms with Gasteiger partial charge >= 0.3 is 0 Å². The minimum Gasteiger partial charge on any atom is -0.351 e. The van der Waals surface area contributed by atoms with Crippen molar-refractivity contribution in [1.82, 2.24) is 15.2 Å². The molecule has 1 aromatic heterocycles. The summed E-state index contributed by atoms with van der Waals surface area (Å²) in [6.45, 7) is 1.40. The second kappa shape index (κ2) is 7.79. The number of pyridine rings is 1. The first kappa shape index (κ1) is 18.1. The third-order valence-electron chi connectivity index (χ3n) is 4.86. The molecule has 4 heteroatoms. The van der Waals surface area contributed by atoms with Crippen LogP contribution in [0.5, 0.6) is 0 Å². The summed E-state index contributed by atoms with van der Waals surface area (Å²) in [4.78, 5) is 20.0. The van der Waals surface area contributed by atoms with E-state index in [1.54, 1.807) is 0 Å². The molecular formula is C24H23N3O. The molecule has 0 aliphatic rings. The van der Waals surface area contributed by atoms with Crippen LogP contribution in [0, 0.1) is 0 Å². The molecule has 0 aliphatic heterocycles. The number of nitrogens with zero attached hydrogens (tertiary/aromatic N) is 2. The highest BCUT2D eigenvalue weighted by Crippen LogP contribution is 2.30. The van der Waals surface area contributed by atoms with Crippen molar-refractivity contribution in [3.05, 3.63) is 78.4 Å². The summed E-state index contributed by atoms with van der Waals surface area (Å²) in [6.07, 6.45) is 0. The average Bonchev–Trinajstić information content (AvgIpc) is 2.73. The lowest BCUT2D eigenvalue weighted by atomic mass is 9.99. The smallest absolute Gasteiger partial charge is 0.252 e. The predicted molar refractivity (Wildman–Crippen MR) is 116 cm³/mol. The van der Waals surface area contributed by atoms with Crippen molar-refractivity contribution < 1.29 is 4.79 Å².